The molecular formula is C19H20FN5O. The Bertz CT molecular complexity index is 877. The molecule has 3 rings (SSSR count). The smallest absolute Gasteiger partial charge is 0.255 e. The molecule has 1 saturated heterocycles. The first-order valence-electron chi connectivity index (χ1n) is 8.52. The van der Waals surface area contributed by atoms with Crippen molar-refractivity contribution in [2.45, 2.75) is 20.3 Å². The molecule has 0 radical (unpaired) electrons. The van der Waals surface area contributed by atoms with E-state index in [9.17, 15) is 14.4 Å². The van der Waals surface area contributed by atoms with Gasteiger partial charge in [-0.1, -0.05) is 0 Å². The van der Waals surface area contributed by atoms with E-state index in [0.717, 1.165) is 23.9 Å². The van der Waals surface area contributed by atoms with Gasteiger partial charge in [-0.05, 0) is 38.0 Å². The van der Waals surface area contributed by atoms with Crippen LogP contribution in [0.15, 0.2) is 24.5 Å². The highest BCUT2D eigenvalue weighted by molar-refractivity contribution is 5.94. The van der Waals surface area contributed by atoms with Crippen molar-refractivity contribution in [3.8, 4) is 6.07 Å². The van der Waals surface area contributed by atoms with Crippen LogP contribution in [0.5, 0.6) is 0 Å². The number of pyridine rings is 2. The number of rotatable bonds is 2. The molecule has 0 aromatic carbocycles. The SMILES string of the molecule is Cc1cc(C)c(C#N)c(N2CCCN(C(=O)c3cncc(F)c3)CC2)n1. The van der Waals surface area contributed by atoms with Gasteiger partial charge in [-0.15, -0.1) is 0 Å². The van der Waals surface area contributed by atoms with Crippen LogP contribution in [0.25, 0.3) is 0 Å². The molecule has 1 fully saturated rings. The van der Waals surface area contributed by atoms with Gasteiger partial charge >= 0.3 is 0 Å². The average Bonchev–Trinajstić information content (AvgIpc) is 2.86. The van der Waals surface area contributed by atoms with Gasteiger partial charge in [-0.25, -0.2) is 9.37 Å². The van der Waals surface area contributed by atoms with Gasteiger partial charge in [0.1, 0.15) is 17.7 Å². The minimum atomic E-state index is -0.523. The van der Waals surface area contributed by atoms with Crippen LogP contribution in [0.4, 0.5) is 10.2 Å². The second kappa shape index (κ2) is 7.48. The van der Waals surface area contributed by atoms with Crippen molar-refractivity contribution in [1.29, 1.82) is 5.26 Å². The minimum absolute atomic E-state index is 0.229. The molecule has 0 unspecified atom stereocenters. The van der Waals surface area contributed by atoms with Crippen molar-refractivity contribution in [2.24, 2.45) is 0 Å². The summed E-state index contributed by atoms with van der Waals surface area (Å²) in [5, 5.41) is 9.48. The summed E-state index contributed by atoms with van der Waals surface area (Å²) in [5.74, 6) is -0.0788. The van der Waals surface area contributed by atoms with Crippen molar-refractivity contribution >= 4 is 11.7 Å². The molecule has 134 valence electrons. The lowest BCUT2D eigenvalue weighted by molar-refractivity contribution is 0.0766. The van der Waals surface area contributed by atoms with Gasteiger partial charge < -0.3 is 9.80 Å². The first kappa shape index (κ1) is 17.8. The monoisotopic (exact) mass is 353 g/mol. The van der Waals surface area contributed by atoms with E-state index in [4.69, 9.17) is 0 Å². The van der Waals surface area contributed by atoms with Crippen molar-refractivity contribution in [2.75, 3.05) is 31.1 Å². The topological polar surface area (TPSA) is 73.1 Å². The van der Waals surface area contributed by atoms with E-state index in [1.54, 1.807) is 4.90 Å². The number of aromatic nitrogens is 2. The van der Waals surface area contributed by atoms with Crippen LogP contribution in [0.3, 0.4) is 0 Å². The maximum Gasteiger partial charge on any atom is 0.255 e. The zero-order valence-electron chi connectivity index (χ0n) is 14.9. The molecule has 3 heterocycles. The van der Waals surface area contributed by atoms with E-state index in [0.29, 0.717) is 37.6 Å². The van der Waals surface area contributed by atoms with Gasteiger partial charge in [0.2, 0.25) is 0 Å². The highest BCUT2D eigenvalue weighted by Crippen LogP contribution is 2.23. The Kier molecular flexibility index (Phi) is 5.12. The molecule has 0 bridgehead atoms. The normalized spacial score (nSPS) is 14.7. The molecule has 0 N–H and O–H groups in total. The van der Waals surface area contributed by atoms with Crippen molar-refractivity contribution in [3.05, 3.63) is 52.7 Å². The first-order valence-corrected chi connectivity index (χ1v) is 8.52. The van der Waals surface area contributed by atoms with Crippen molar-refractivity contribution in [1.82, 2.24) is 14.9 Å². The van der Waals surface area contributed by atoms with Gasteiger partial charge in [-0.2, -0.15) is 5.26 Å². The number of hydrogen-bond acceptors (Lipinski definition) is 5. The van der Waals surface area contributed by atoms with Gasteiger partial charge in [0.15, 0.2) is 0 Å². The third kappa shape index (κ3) is 3.64. The van der Waals surface area contributed by atoms with E-state index in [1.807, 2.05) is 19.9 Å². The minimum Gasteiger partial charge on any atom is -0.354 e. The molecule has 1 amide bonds. The lowest BCUT2D eigenvalue weighted by Gasteiger charge is -2.24. The van der Waals surface area contributed by atoms with Gasteiger partial charge in [0.25, 0.3) is 5.91 Å². The zero-order valence-corrected chi connectivity index (χ0v) is 14.9. The Morgan fingerprint density at radius 1 is 1.19 bits per heavy atom. The van der Waals surface area contributed by atoms with Crippen molar-refractivity contribution in [3.63, 3.8) is 0 Å². The molecule has 7 heteroatoms. The van der Waals surface area contributed by atoms with E-state index in [1.165, 1.54) is 12.3 Å². The molecule has 0 saturated carbocycles. The van der Waals surface area contributed by atoms with Gasteiger partial charge in [-0.3, -0.25) is 9.78 Å². The van der Waals surface area contributed by atoms with E-state index in [-0.39, 0.29) is 11.5 Å². The number of hydrogen-bond donors (Lipinski definition) is 0. The molecule has 2 aromatic rings. The molecule has 26 heavy (non-hydrogen) atoms. The van der Waals surface area contributed by atoms with Crippen LogP contribution in [-0.4, -0.2) is 47.0 Å². The van der Waals surface area contributed by atoms with E-state index >= 15 is 0 Å². The summed E-state index contributed by atoms with van der Waals surface area (Å²) in [4.78, 5) is 24.7. The summed E-state index contributed by atoms with van der Waals surface area (Å²) >= 11 is 0. The number of carbonyl (C=O) groups is 1. The second-order valence-corrected chi connectivity index (χ2v) is 6.42. The van der Waals surface area contributed by atoms with Crippen LogP contribution in [0.2, 0.25) is 0 Å². The summed E-state index contributed by atoms with van der Waals surface area (Å²) in [6.07, 6.45) is 3.21. The molecular weight excluding hydrogens is 333 g/mol. The van der Waals surface area contributed by atoms with Gasteiger partial charge in [0.05, 0.1) is 17.3 Å². The highest BCUT2D eigenvalue weighted by atomic mass is 19.1. The molecule has 1 aliphatic heterocycles. The molecule has 0 atom stereocenters. The molecule has 1 aliphatic rings. The van der Waals surface area contributed by atoms with Crippen LogP contribution >= 0.6 is 0 Å². The number of nitriles is 1. The number of halogens is 1. The second-order valence-electron chi connectivity index (χ2n) is 6.42. The van der Waals surface area contributed by atoms with Gasteiger partial charge in [0, 0.05) is 38.1 Å². The Morgan fingerprint density at radius 2 is 2.00 bits per heavy atom. The quantitative estimate of drug-likeness (QED) is 0.829. The summed E-state index contributed by atoms with van der Waals surface area (Å²) < 4.78 is 13.3. The fourth-order valence-electron chi connectivity index (χ4n) is 3.23. The van der Waals surface area contributed by atoms with Crippen LogP contribution in [-0.2, 0) is 0 Å². The summed E-state index contributed by atoms with van der Waals surface area (Å²) in [6, 6.07) is 5.34. The number of amides is 1. The maximum atomic E-state index is 13.3. The van der Waals surface area contributed by atoms with Crippen LogP contribution in [0.1, 0.15) is 33.6 Å². The summed E-state index contributed by atoms with van der Waals surface area (Å²) in [5.41, 5.74) is 2.59. The van der Waals surface area contributed by atoms with E-state index in [2.05, 4.69) is 20.9 Å². The standard InChI is InChI=1S/C19H20FN5O/c1-13-8-14(2)23-18(17(13)10-21)24-4-3-5-25(7-6-24)19(26)15-9-16(20)12-22-11-15/h8-9,11-12H,3-7H2,1-2H3. The number of anilines is 1. The lowest BCUT2D eigenvalue weighted by atomic mass is 10.1. The third-order valence-electron chi connectivity index (χ3n) is 4.47. The third-order valence-corrected chi connectivity index (χ3v) is 4.47. The number of carbonyl (C=O) groups excluding carboxylic acids is 1. The van der Waals surface area contributed by atoms with Crippen LogP contribution < -0.4 is 4.90 Å². The zero-order chi connectivity index (χ0) is 18.7. The Morgan fingerprint density at radius 3 is 2.73 bits per heavy atom. The Hall–Kier alpha value is -3.01. The lowest BCUT2D eigenvalue weighted by Crippen LogP contribution is -2.35. The fourth-order valence-corrected chi connectivity index (χ4v) is 3.23. The summed E-state index contributed by atoms with van der Waals surface area (Å²) in [6.45, 7) is 6.13. The van der Waals surface area contributed by atoms with Crippen LogP contribution in [0, 0.1) is 31.0 Å². The predicted octanol–water partition coefficient (Wildman–Crippen LogP) is 2.46. The Labute approximate surface area is 151 Å². The molecule has 6 nitrogen and oxygen atoms in total. The Balaban J connectivity index is 1.79. The first-order chi connectivity index (χ1) is 12.5. The number of nitrogens with zero attached hydrogens (tertiary/aromatic N) is 5. The van der Waals surface area contributed by atoms with Crippen molar-refractivity contribution < 1.29 is 9.18 Å². The predicted molar refractivity (Wildman–Crippen MR) is 95.4 cm³/mol. The molecule has 0 spiro atoms. The molecule has 0 aliphatic carbocycles. The maximum absolute atomic E-state index is 13.3. The highest BCUT2D eigenvalue weighted by Gasteiger charge is 2.23. The molecule has 2 aromatic heterocycles. The largest absolute Gasteiger partial charge is 0.354 e. The fraction of sp³-hybridized carbons (Fsp3) is 0.368. The number of aryl methyl sites for hydroxylation is 2. The average molecular weight is 353 g/mol. The van der Waals surface area contributed by atoms with E-state index < -0.39 is 5.82 Å². The summed E-state index contributed by atoms with van der Waals surface area (Å²) in [7, 11) is 0.